The number of benzene rings is 1. The summed E-state index contributed by atoms with van der Waals surface area (Å²) in [5.74, 6) is -0.0469. The highest BCUT2D eigenvalue weighted by molar-refractivity contribution is 9.10. The van der Waals surface area contributed by atoms with Crippen LogP contribution in [0.25, 0.3) is 0 Å². The van der Waals surface area contributed by atoms with Gasteiger partial charge < -0.3 is 19.9 Å². The average molecular weight is 446 g/mol. The zero-order valence-corrected chi connectivity index (χ0v) is 16.8. The Balaban J connectivity index is 1.38. The lowest BCUT2D eigenvalue weighted by atomic mass is 10.1. The largest absolute Gasteiger partial charge is 0.378 e. The van der Waals surface area contributed by atoms with E-state index in [4.69, 9.17) is 4.74 Å². The molecule has 1 aromatic carbocycles. The van der Waals surface area contributed by atoms with Crippen LogP contribution >= 0.6 is 15.9 Å². The Hall–Kier alpha value is -2.52. The quantitative estimate of drug-likeness (QED) is 0.774. The number of nitrogens with zero attached hydrogens (tertiary/aromatic N) is 4. The van der Waals surface area contributed by atoms with Crippen LogP contribution < -0.4 is 15.1 Å². The van der Waals surface area contributed by atoms with Gasteiger partial charge in [0.2, 0.25) is 17.8 Å². The molecule has 0 spiro atoms. The number of hydrogen-bond acceptors (Lipinski definition) is 6. The summed E-state index contributed by atoms with van der Waals surface area (Å²) in [7, 11) is 0. The fraction of sp³-hybridized carbons (Fsp3) is 0.368. The summed E-state index contributed by atoms with van der Waals surface area (Å²) in [6.45, 7) is 3.18. The summed E-state index contributed by atoms with van der Waals surface area (Å²) in [5, 5.41) is 2.82. The molecule has 0 radical (unpaired) electrons. The lowest BCUT2D eigenvalue weighted by Gasteiger charge is -2.26. The molecule has 28 heavy (non-hydrogen) atoms. The van der Waals surface area contributed by atoms with Crippen LogP contribution in [0.1, 0.15) is 6.42 Å². The van der Waals surface area contributed by atoms with Crippen LogP contribution in [-0.2, 0) is 14.3 Å². The smallest absolute Gasteiger partial charge is 0.229 e. The normalized spacial score (nSPS) is 19.8. The number of ether oxygens (including phenoxy) is 1. The van der Waals surface area contributed by atoms with E-state index in [1.165, 1.54) is 0 Å². The summed E-state index contributed by atoms with van der Waals surface area (Å²) in [5.41, 5.74) is 1.31. The van der Waals surface area contributed by atoms with Crippen molar-refractivity contribution in [2.75, 3.05) is 48.0 Å². The lowest BCUT2D eigenvalue weighted by Crippen LogP contribution is -2.37. The van der Waals surface area contributed by atoms with Gasteiger partial charge in [-0.1, -0.05) is 22.0 Å². The number of halogens is 1. The maximum absolute atomic E-state index is 12.6. The lowest BCUT2D eigenvalue weighted by molar-refractivity contribution is -0.122. The van der Waals surface area contributed by atoms with E-state index in [1.54, 1.807) is 17.3 Å². The molecule has 1 atom stereocenters. The molecule has 2 saturated heterocycles. The fourth-order valence-corrected chi connectivity index (χ4v) is 3.72. The monoisotopic (exact) mass is 445 g/mol. The molecule has 1 aromatic heterocycles. The van der Waals surface area contributed by atoms with Gasteiger partial charge in [0, 0.05) is 36.2 Å². The molecule has 0 saturated carbocycles. The Morgan fingerprint density at radius 2 is 1.96 bits per heavy atom. The number of aromatic nitrogens is 2. The Bertz CT molecular complexity index is 870. The van der Waals surface area contributed by atoms with Crippen LogP contribution in [0.2, 0.25) is 0 Å². The van der Waals surface area contributed by atoms with Gasteiger partial charge in [-0.2, -0.15) is 0 Å². The number of anilines is 3. The summed E-state index contributed by atoms with van der Waals surface area (Å²) in [6.07, 6.45) is 3.38. The third kappa shape index (κ3) is 4.15. The predicted molar refractivity (Wildman–Crippen MR) is 108 cm³/mol. The third-order valence-corrected chi connectivity index (χ3v) is 5.31. The Labute approximate surface area is 171 Å². The van der Waals surface area contributed by atoms with Gasteiger partial charge in [-0.05, 0) is 18.2 Å². The first-order valence-electron chi connectivity index (χ1n) is 9.12. The molecule has 2 aliphatic rings. The molecule has 2 fully saturated rings. The summed E-state index contributed by atoms with van der Waals surface area (Å²) >= 11 is 3.41. The van der Waals surface area contributed by atoms with E-state index in [9.17, 15) is 9.59 Å². The molecule has 4 rings (SSSR count). The van der Waals surface area contributed by atoms with Gasteiger partial charge in [0.05, 0.1) is 37.2 Å². The highest BCUT2D eigenvalue weighted by atomic mass is 79.9. The summed E-state index contributed by atoms with van der Waals surface area (Å²) in [6, 6.07) is 7.50. The number of nitrogens with one attached hydrogen (secondary N) is 1. The molecule has 2 amide bonds. The number of hydrogen-bond donors (Lipinski definition) is 1. The van der Waals surface area contributed by atoms with E-state index in [-0.39, 0.29) is 18.2 Å². The van der Waals surface area contributed by atoms with Gasteiger partial charge in [-0.3, -0.25) is 9.59 Å². The number of amides is 2. The molecule has 0 bridgehead atoms. The van der Waals surface area contributed by atoms with Crippen molar-refractivity contribution in [1.82, 2.24) is 9.97 Å². The van der Waals surface area contributed by atoms with E-state index in [2.05, 4.69) is 31.2 Å². The molecule has 0 aliphatic carbocycles. The number of carbonyl (C=O) groups excluding carboxylic acids is 2. The van der Waals surface area contributed by atoms with Crippen molar-refractivity contribution in [3.05, 3.63) is 41.1 Å². The number of rotatable bonds is 4. The van der Waals surface area contributed by atoms with Gasteiger partial charge in [-0.15, -0.1) is 0 Å². The molecule has 2 aromatic rings. The number of morpholine rings is 1. The first kappa shape index (κ1) is 18.8. The Morgan fingerprint density at radius 1 is 1.21 bits per heavy atom. The summed E-state index contributed by atoms with van der Waals surface area (Å²) < 4.78 is 6.21. The minimum atomic E-state index is -0.412. The van der Waals surface area contributed by atoms with Crippen LogP contribution in [0, 0.1) is 5.92 Å². The zero-order chi connectivity index (χ0) is 19.5. The second-order valence-electron chi connectivity index (χ2n) is 6.75. The molecular weight excluding hydrogens is 426 g/mol. The minimum Gasteiger partial charge on any atom is -0.378 e. The van der Waals surface area contributed by atoms with Crippen LogP contribution in [0.15, 0.2) is 41.1 Å². The van der Waals surface area contributed by atoms with Crippen LogP contribution in [-0.4, -0.2) is 54.6 Å². The van der Waals surface area contributed by atoms with E-state index >= 15 is 0 Å². The van der Waals surface area contributed by atoms with Crippen molar-refractivity contribution in [3.8, 4) is 0 Å². The highest BCUT2D eigenvalue weighted by Crippen LogP contribution is 2.28. The van der Waals surface area contributed by atoms with Gasteiger partial charge in [0.25, 0.3) is 0 Å². The molecule has 146 valence electrons. The fourth-order valence-electron chi connectivity index (χ4n) is 3.33. The van der Waals surface area contributed by atoms with Crippen molar-refractivity contribution < 1.29 is 14.3 Å². The summed E-state index contributed by atoms with van der Waals surface area (Å²) in [4.78, 5) is 37.3. The maximum atomic E-state index is 12.6. The molecular formula is C19H20BrN5O3. The minimum absolute atomic E-state index is 0.0582. The van der Waals surface area contributed by atoms with Crippen LogP contribution in [0.5, 0.6) is 0 Å². The highest BCUT2D eigenvalue weighted by Gasteiger charge is 2.35. The molecule has 8 nitrogen and oxygen atoms in total. The zero-order valence-electron chi connectivity index (χ0n) is 15.2. The standard InChI is InChI=1S/C19H20BrN5O3/c20-14-2-1-3-16(9-14)25-12-13(8-17(25)26)18(27)23-15-10-21-19(22-11-15)24-4-6-28-7-5-24/h1-3,9-11,13H,4-8,12H2,(H,23,27). The van der Waals surface area contributed by atoms with E-state index in [0.717, 1.165) is 23.2 Å². The molecule has 1 unspecified atom stereocenters. The van der Waals surface area contributed by atoms with Gasteiger partial charge in [-0.25, -0.2) is 9.97 Å². The van der Waals surface area contributed by atoms with Crippen LogP contribution in [0.4, 0.5) is 17.3 Å². The second-order valence-corrected chi connectivity index (χ2v) is 7.66. The van der Waals surface area contributed by atoms with Gasteiger partial charge in [0.15, 0.2) is 0 Å². The topological polar surface area (TPSA) is 87.7 Å². The van der Waals surface area contributed by atoms with Crippen molar-refractivity contribution in [2.45, 2.75) is 6.42 Å². The predicted octanol–water partition coefficient (Wildman–Crippen LogP) is 2.07. The van der Waals surface area contributed by atoms with Crippen molar-refractivity contribution >= 4 is 45.1 Å². The molecule has 1 N–H and O–H groups in total. The first-order valence-corrected chi connectivity index (χ1v) is 9.91. The molecule has 9 heteroatoms. The average Bonchev–Trinajstić information content (AvgIpc) is 3.11. The third-order valence-electron chi connectivity index (χ3n) is 4.82. The van der Waals surface area contributed by atoms with E-state index < -0.39 is 5.92 Å². The second kappa shape index (κ2) is 8.24. The number of carbonyl (C=O) groups is 2. The Kier molecular flexibility index (Phi) is 5.54. The first-order chi connectivity index (χ1) is 13.6. The van der Waals surface area contributed by atoms with Crippen molar-refractivity contribution in [1.29, 1.82) is 0 Å². The Morgan fingerprint density at radius 3 is 2.68 bits per heavy atom. The van der Waals surface area contributed by atoms with E-state index in [0.29, 0.717) is 31.4 Å². The van der Waals surface area contributed by atoms with Gasteiger partial charge >= 0.3 is 0 Å². The molecule has 3 heterocycles. The van der Waals surface area contributed by atoms with Crippen molar-refractivity contribution in [2.24, 2.45) is 5.92 Å². The molecule has 2 aliphatic heterocycles. The SMILES string of the molecule is O=C(Nc1cnc(N2CCOCC2)nc1)C1CC(=O)N(c2cccc(Br)c2)C1. The van der Waals surface area contributed by atoms with Gasteiger partial charge in [0.1, 0.15) is 0 Å². The van der Waals surface area contributed by atoms with Crippen LogP contribution in [0.3, 0.4) is 0 Å². The van der Waals surface area contributed by atoms with E-state index in [1.807, 2.05) is 29.2 Å². The maximum Gasteiger partial charge on any atom is 0.229 e. The van der Waals surface area contributed by atoms with Crippen molar-refractivity contribution in [3.63, 3.8) is 0 Å².